The second-order valence-corrected chi connectivity index (χ2v) is 5.52. The fourth-order valence-corrected chi connectivity index (χ4v) is 2.66. The van der Waals surface area contributed by atoms with E-state index in [4.69, 9.17) is 9.47 Å². The van der Waals surface area contributed by atoms with E-state index >= 15 is 0 Å². The van der Waals surface area contributed by atoms with Gasteiger partial charge in [0.1, 0.15) is 0 Å². The molecule has 0 spiro atoms. The molecule has 25 heavy (non-hydrogen) atoms. The van der Waals surface area contributed by atoms with Crippen LogP contribution in [0.15, 0.2) is 36.4 Å². The van der Waals surface area contributed by atoms with Gasteiger partial charge in [-0.15, -0.1) is 0 Å². The summed E-state index contributed by atoms with van der Waals surface area (Å²) in [6.45, 7) is 1.85. The number of carbonyl (C=O) groups excluding carboxylic acids is 1. The minimum atomic E-state index is -0.489. The molecule has 0 aliphatic heterocycles. The molecule has 0 heterocycles. The van der Waals surface area contributed by atoms with Gasteiger partial charge in [0.15, 0.2) is 11.5 Å². The molecular formula is C18H20N2O5. The van der Waals surface area contributed by atoms with E-state index in [0.29, 0.717) is 22.6 Å². The van der Waals surface area contributed by atoms with Crippen LogP contribution in [0.4, 0.5) is 5.69 Å². The largest absolute Gasteiger partial charge is 0.493 e. The predicted molar refractivity (Wildman–Crippen MR) is 93.2 cm³/mol. The molecule has 0 radical (unpaired) electrons. The molecular weight excluding hydrogens is 324 g/mol. The Labute approximate surface area is 145 Å². The quantitative estimate of drug-likeness (QED) is 0.594. The van der Waals surface area contributed by atoms with Crippen molar-refractivity contribution in [2.75, 3.05) is 21.3 Å². The summed E-state index contributed by atoms with van der Waals surface area (Å²) in [6, 6.07) is 9.91. The van der Waals surface area contributed by atoms with Gasteiger partial charge in [0.05, 0.1) is 19.1 Å². The topological polar surface area (TPSA) is 81.9 Å². The number of benzene rings is 2. The Kier molecular flexibility index (Phi) is 5.59. The Balaban J connectivity index is 2.31. The highest BCUT2D eigenvalue weighted by Gasteiger charge is 2.21. The highest BCUT2D eigenvalue weighted by molar-refractivity contribution is 5.96. The van der Waals surface area contributed by atoms with Crippen molar-refractivity contribution in [1.82, 2.24) is 4.90 Å². The van der Waals surface area contributed by atoms with Gasteiger partial charge in [-0.25, -0.2) is 0 Å². The summed E-state index contributed by atoms with van der Waals surface area (Å²) in [6.07, 6.45) is 0. The minimum Gasteiger partial charge on any atom is -0.493 e. The smallest absolute Gasteiger partial charge is 0.273 e. The van der Waals surface area contributed by atoms with Gasteiger partial charge in [0, 0.05) is 36.3 Å². The standard InChI is InChI=1S/C18H20N2O5/c1-12-14(8-6-9-15(12)20(22)23)18(21)19(2)11-13-7-5-10-16(24-3)17(13)25-4/h5-10H,11H2,1-4H3. The van der Waals surface area contributed by atoms with Crippen LogP contribution in [0.25, 0.3) is 0 Å². The molecule has 0 atom stereocenters. The van der Waals surface area contributed by atoms with Crippen LogP contribution in [-0.2, 0) is 6.54 Å². The summed E-state index contributed by atoms with van der Waals surface area (Å²) in [4.78, 5) is 24.8. The summed E-state index contributed by atoms with van der Waals surface area (Å²) >= 11 is 0. The number of nitro benzene ring substituents is 1. The molecule has 0 aromatic heterocycles. The zero-order valence-corrected chi connectivity index (χ0v) is 14.6. The van der Waals surface area contributed by atoms with Crippen LogP contribution < -0.4 is 9.47 Å². The normalized spacial score (nSPS) is 10.2. The lowest BCUT2D eigenvalue weighted by atomic mass is 10.1. The molecule has 2 aromatic rings. The van der Waals surface area contributed by atoms with Crippen molar-refractivity contribution in [3.63, 3.8) is 0 Å². The molecule has 0 fully saturated rings. The third-order valence-corrected chi connectivity index (χ3v) is 3.97. The third-order valence-electron chi connectivity index (χ3n) is 3.97. The molecule has 0 bridgehead atoms. The van der Waals surface area contributed by atoms with E-state index in [1.165, 1.54) is 24.1 Å². The van der Waals surface area contributed by atoms with Crippen molar-refractivity contribution in [3.05, 3.63) is 63.2 Å². The van der Waals surface area contributed by atoms with E-state index in [0.717, 1.165) is 5.56 Å². The number of nitro groups is 1. The van der Waals surface area contributed by atoms with Crippen molar-refractivity contribution in [1.29, 1.82) is 0 Å². The molecule has 7 heteroatoms. The maximum atomic E-state index is 12.7. The lowest BCUT2D eigenvalue weighted by molar-refractivity contribution is -0.385. The van der Waals surface area contributed by atoms with E-state index in [-0.39, 0.29) is 18.1 Å². The van der Waals surface area contributed by atoms with Gasteiger partial charge in [-0.1, -0.05) is 18.2 Å². The molecule has 0 aliphatic rings. The lowest BCUT2D eigenvalue weighted by Crippen LogP contribution is -2.27. The summed E-state index contributed by atoms with van der Waals surface area (Å²) in [7, 11) is 4.72. The third kappa shape index (κ3) is 3.71. The first-order valence-electron chi connectivity index (χ1n) is 7.60. The molecule has 0 saturated carbocycles. The Morgan fingerprint density at radius 3 is 2.44 bits per heavy atom. The molecule has 0 unspecified atom stereocenters. The van der Waals surface area contributed by atoms with Gasteiger partial charge in [0.2, 0.25) is 0 Å². The molecule has 7 nitrogen and oxygen atoms in total. The van der Waals surface area contributed by atoms with Crippen molar-refractivity contribution in [2.45, 2.75) is 13.5 Å². The van der Waals surface area contributed by atoms with E-state index in [1.54, 1.807) is 33.2 Å². The number of ether oxygens (including phenoxy) is 2. The zero-order chi connectivity index (χ0) is 18.6. The molecule has 2 rings (SSSR count). The Bertz CT molecular complexity index is 804. The van der Waals surface area contributed by atoms with E-state index < -0.39 is 4.92 Å². The van der Waals surface area contributed by atoms with Crippen LogP contribution in [0.5, 0.6) is 11.5 Å². The first-order chi connectivity index (χ1) is 11.9. The van der Waals surface area contributed by atoms with E-state index in [2.05, 4.69) is 0 Å². The SMILES string of the molecule is COc1cccc(CN(C)C(=O)c2cccc([N+](=O)[O-])c2C)c1OC. The second-order valence-electron chi connectivity index (χ2n) is 5.52. The molecule has 0 saturated heterocycles. The lowest BCUT2D eigenvalue weighted by Gasteiger charge is -2.20. The first-order valence-corrected chi connectivity index (χ1v) is 7.60. The molecule has 132 valence electrons. The summed E-state index contributed by atoms with van der Waals surface area (Å²) < 4.78 is 10.6. The fraction of sp³-hybridized carbons (Fsp3) is 0.278. The highest BCUT2D eigenvalue weighted by Crippen LogP contribution is 2.31. The molecule has 0 aliphatic carbocycles. The minimum absolute atomic E-state index is 0.0711. The maximum absolute atomic E-state index is 12.7. The van der Waals surface area contributed by atoms with Crippen molar-refractivity contribution >= 4 is 11.6 Å². The Hall–Kier alpha value is -3.09. The number of hydrogen-bond donors (Lipinski definition) is 0. The number of para-hydroxylation sites is 1. The summed E-state index contributed by atoms with van der Waals surface area (Å²) in [5.74, 6) is 0.832. The van der Waals surface area contributed by atoms with Gasteiger partial charge in [-0.2, -0.15) is 0 Å². The van der Waals surface area contributed by atoms with Crippen molar-refractivity contribution < 1.29 is 19.2 Å². The summed E-state index contributed by atoms with van der Waals surface area (Å²) in [5, 5.41) is 11.1. The van der Waals surface area contributed by atoms with Crippen LogP contribution in [0, 0.1) is 17.0 Å². The van der Waals surface area contributed by atoms with Gasteiger partial charge >= 0.3 is 0 Å². The number of nitrogens with zero attached hydrogens (tertiary/aromatic N) is 2. The van der Waals surface area contributed by atoms with Crippen LogP contribution >= 0.6 is 0 Å². The number of methoxy groups -OCH3 is 2. The Morgan fingerprint density at radius 1 is 1.16 bits per heavy atom. The average molecular weight is 344 g/mol. The van der Waals surface area contributed by atoms with Crippen LogP contribution in [0.3, 0.4) is 0 Å². The molecule has 1 amide bonds. The predicted octanol–water partition coefficient (Wildman–Crippen LogP) is 3.19. The number of carbonyl (C=O) groups is 1. The summed E-state index contributed by atoms with van der Waals surface area (Å²) in [5.41, 5.74) is 1.36. The number of amides is 1. The number of hydrogen-bond acceptors (Lipinski definition) is 5. The number of rotatable bonds is 6. The van der Waals surface area contributed by atoms with Gasteiger partial charge in [-0.05, 0) is 19.1 Å². The fourth-order valence-electron chi connectivity index (χ4n) is 2.66. The van der Waals surface area contributed by atoms with Gasteiger partial charge < -0.3 is 14.4 Å². The van der Waals surface area contributed by atoms with Gasteiger partial charge in [-0.3, -0.25) is 14.9 Å². The van der Waals surface area contributed by atoms with E-state index in [9.17, 15) is 14.9 Å². The van der Waals surface area contributed by atoms with Crippen LogP contribution in [0.2, 0.25) is 0 Å². The van der Waals surface area contributed by atoms with Crippen LogP contribution in [0.1, 0.15) is 21.5 Å². The Morgan fingerprint density at radius 2 is 1.84 bits per heavy atom. The maximum Gasteiger partial charge on any atom is 0.273 e. The highest BCUT2D eigenvalue weighted by atomic mass is 16.6. The second kappa shape index (κ2) is 7.65. The zero-order valence-electron chi connectivity index (χ0n) is 14.6. The van der Waals surface area contributed by atoms with Crippen LogP contribution in [-0.4, -0.2) is 37.0 Å². The first kappa shape index (κ1) is 18.3. The van der Waals surface area contributed by atoms with Crippen molar-refractivity contribution in [3.8, 4) is 11.5 Å². The monoisotopic (exact) mass is 344 g/mol. The molecule has 2 aromatic carbocycles. The van der Waals surface area contributed by atoms with Crippen molar-refractivity contribution in [2.24, 2.45) is 0 Å². The van der Waals surface area contributed by atoms with Gasteiger partial charge in [0.25, 0.3) is 11.6 Å². The average Bonchev–Trinajstić information content (AvgIpc) is 2.60. The van der Waals surface area contributed by atoms with E-state index in [1.807, 2.05) is 12.1 Å². The molecule has 0 N–H and O–H groups in total.